The van der Waals surface area contributed by atoms with E-state index in [-0.39, 0.29) is 5.69 Å². The first-order valence-corrected chi connectivity index (χ1v) is 6.59. The van der Waals surface area contributed by atoms with Gasteiger partial charge >= 0.3 is 0 Å². The van der Waals surface area contributed by atoms with Crippen LogP contribution in [0.3, 0.4) is 0 Å². The number of hydrazone groups is 1. The van der Waals surface area contributed by atoms with Crippen LogP contribution in [0.5, 0.6) is 17.2 Å². The summed E-state index contributed by atoms with van der Waals surface area (Å²) in [4.78, 5) is 19.5. The number of methoxy groups -OCH3 is 3. The van der Waals surface area contributed by atoms with Crippen LogP contribution in [0.25, 0.3) is 0 Å². The number of nitrogens with zero attached hydrogens (tertiary/aromatic N) is 3. The van der Waals surface area contributed by atoms with Crippen LogP contribution in [-0.2, 0) is 0 Å². The number of carbonyl (C=O) groups excluding carboxylic acids is 1. The number of carbonyl (C=O) groups is 1. The Hall–Kier alpha value is -3.16. The number of rotatable bonds is 6. The Bertz CT molecular complexity index is 679. The van der Waals surface area contributed by atoms with Crippen LogP contribution in [-0.4, -0.2) is 43.4 Å². The highest BCUT2D eigenvalue weighted by molar-refractivity contribution is 5.93. The van der Waals surface area contributed by atoms with Gasteiger partial charge < -0.3 is 14.2 Å². The van der Waals surface area contributed by atoms with Crippen molar-refractivity contribution in [3.63, 3.8) is 0 Å². The van der Waals surface area contributed by atoms with Crippen LogP contribution in [0.15, 0.2) is 35.8 Å². The summed E-state index contributed by atoms with van der Waals surface area (Å²) in [6, 6.07) is 3.38. The quantitative estimate of drug-likeness (QED) is 0.637. The molecule has 0 saturated heterocycles. The summed E-state index contributed by atoms with van der Waals surface area (Å²) in [6.07, 6.45) is 5.67. The van der Waals surface area contributed by atoms with Crippen molar-refractivity contribution in [2.75, 3.05) is 21.3 Å². The number of hydrogen-bond donors (Lipinski definition) is 1. The van der Waals surface area contributed by atoms with Crippen LogP contribution in [0.4, 0.5) is 0 Å². The molecular weight excluding hydrogens is 300 g/mol. The van der Waals surface area contributed by atoms with E-state index in [0.29, 0.717) is 22.8 Å². The SMILES string of the molecule is COc1cc(OC)c(C=NNC(=O)c2cnccn2)c(OC)c1. The van der Waals surface area contributed by atoms with Gasteiger partial charge in [0.15, 0.2) is 0 Å². The molecule has 23 heavy (non-hydrogen) atoms. The third-order valence-corrected chi connectivity index (χ3v) is 2.91. The molecule has 0 aliphatic heterocycles. The maximum atomic E-state index is 11.8. The van der Waals surface area contributed by atoms with E-state index in [4.69, 9.17) is 14.2 Å². The van der Waals surface area contributed by atoms with E-state index < -0.39 is 5.91 Å². The monoisotopic (exact) mass is 316 g/mol. The van der Waals surface area contributed by atoms with Gasteiger partial charge in [0.25, 0.3) is 5.91 Å². The van der Waals surface area contributed by atoms with Gasteiger partial charge in [-0.25, -0.2) is 10.4 Å². The average molecular weight is 316 g/mol. The molecule has 1 aromatic heterocycles. The Morgan fingerprint density at radius 3 is 2.35 bits per heavy atom. The standard InChI is InChI=1S/C15H16N4O4/c1-21-10-6-13(22-2)11(14(7-10)23-3)8-18-19-15(20)12-9-16-4-5-17-12/h4-9H,1-3H3,(H,19,20). The van der Waals surface area contributed by atoms with Crippen LogP contribution in [0.2, 0.25) is 0 Å². The number of ether oxygens (including phenoxy) is 3. The first-order valence-electron chi connectivity index (χ1n) is 6.59. The molecule has 0 aliphatic rings. The Balaban J connectivity index is 2.20. The second-order valence-corrected chi connectivity index (χ2v) is 4.24. The van der Waals surface area contributed by atoms with E-state index in [9.17, 15) is 4.79 Å². The molecule has 1 amide bonds. The number of benzene rings is 1. The van der Waals surface area contributed by atoms with Crippen molar-refractivity contribution in [3.05, 3.63) is 42.0 Å². The van der Waals surface area contributed by atoms with Gasteiger partial charge in [-0.2, -0.15) is 5.10 Å². The second kappa shape index (κ2) is 7.74. The Labute approximate surface area is 133 Å². The zero-order valence-electron chi connectivity index (χ0n) is 12.9. The smallest absolute Gasteiger partial charge is 0.291 e. The first kappa shape index (κ1) is 16.2. The third-order valence-electron chi connectivity index (χ3n) is 2.91. The molecule has 0 spiro atoms. The van der Waals surface area contributed by atoms with Gasteiger partial charge in [-0.1, -0.05) is 0 Å². The highest BCUT2D eigenvalue weighted by Crippen LogP contribution is 2.32. The fourth-order valence-corrected chi connectivity index (χ4v) is 1.79. The average Bonchev–Trinajstić information content (AvgIpc) is 2.62. The number of aromatic nitrogens is 2. The minimum Gasteiger partial charge on any atom is -0.496 e. The number of hydrogen-bond acceptors (Lipinski definition) is 7. The van der Waals surface area contributed by atoms with Gasteiger partial charge in [0.05, 0.1) is 39.3 Å². The van der Waals surface area contributed by atoms with Crippen molar-refractivity contribution in [2.45, 2.75) is 0 Å². The molecule has 0 fully saturated rings. The van der Waals surface area contributed by atoms with Gasteiger partial charge in [0.1, 0.15) is 22.9 Å². The zero-order chi connectivity index (χ0) is 16.7. The number of amides is 1. The third kappa shape index (κ3) is 3.94. The number of nitrogens with one attached hydrogen (secondary N) is 1. The van der Waals surface area contributed by atoms with E-state index in [0.717, 1.165) is 0 Å². The zero-order valence-corrected chi connectivity index (χ0v) is 12.9. The molecular formula is C15H16N4O4. The lowest BCUT2D eigenvalue weighted by atomic mass is 10.2. The van der Waals surface area contributed by atoms with Gasteiger partial charge in [-0.15, -0.1) is 0 Å². The fraction of sp³-hybridized carbons (Fsp3) is 0.200. The fourth-order valence-electron chi connectivity index (χ4n) is 1.79. The summed E-state index contributed by atoms with van der Waals surface area (Å²) in [5.74, 6) is 1.11. The van der Waals surface area contributed by atoms with Crippen molar-refractivity contribution >= 4 is 12.1 Å². The molecule has 0 unspecified atom stereocenters. The molecule has 0 saturated carbocycles. The lowest BCUT2D eigenvalue weighted by Crippen LogP contribution is -2.19. The molecule has 2 aromatic rings. The first-order chi connectivity index (χ1) is 11.2. The van der Waals surface area contributed by atoms with Crippen molar-refractivity contribution < 1.29 is 19.0 Å². The Morgan fingerprint density at radius 2 is 1.83 bits per heavy atom. The van der Waals surface area contributed by atoms with Crippen molar-refractivity contribution in [3.8, 4) is 17.2 Å². The maximum Gasteiger partial charge on any atom is 0.291 e. The van der Waals surface area contributed by atoms with Crippen LogP contribution < -0.4 is 19.6 Å². The molecule has 0 atom stereocenters. The Morgan fingerprint density at radius 1 is 1.13 bits per heavy atom. The molecule has 1 aromatic carbocycles. The molecule has 8 heteroatoms. The minimum atomic E-state index is -0.471. The molecule has 1 N–H and O–H groups in total. The van der Waals surface area contributed by atoms with Crippen LogP contribution in [0, 0.1) is 0 Å². The summed E-state index contributed by atoms with van der Waals surface area (Å²) in [6.45, 7) is 0. The second-order valence-electron chi connectivity index (χ2n) is 4.24. The molecule has 1 heterocycles. The largest absolute Gasteiger partial charge is 0.496 e. The van der Waals surface area contributed by atoms with Crippen molar-refractivity contribution in [2.24, 2.45) is 5.10 Å². The molecule has 0 radical (unpaired) electrons. The summed E-state index contributed by atoms with van der Waals surface area (Å²) in [7, 11) is 4.58. The van der Waals surface area contributed by atoms with E-state index in [1.165, 1.54) is 39.0 Å². The molecule has 2 rings (SSSR count). The minimum absolute atomic E-state index is 0.165. The van der Waals surface area contributed by atoms with Crippen LogP contribution in [0.1, 0.15) is 16.1 Å². The summed E-state index contributed by atoms with van der Waals surface area (Å²) in [5, 5.41) is 3.90. The normalized spacial score (nSPS) is 10.4. The summed E-state index contributed by atoms with van der Waals surface area (Å²) < 4.78 is 15.7. The van der Waals surface area contributed by atoms with E-state index in [1.54, 1.807) is 19.2 Å². The highest BCUT2D eigenvalue weighted by Gasteiger charge is 2.12. The van der Waals surface area contributed by atoms with Gasteiger partial charge in [0, 0.05) is 24.5 Å². The molecule has 0 bridgehead atoms. The predicted octanol–water partition coefficient (Wildman–Crippen LogP) is 1.27. The van der Waals surface area contributed by atoms with E-state index >= 15 is 0 Å². The Kier molecular flexibility index (Phi) is 5.45. The van der Waals surface area contributed by atoms with Crippen molar-refractivity contribution in [1.82, 2.24) is 15.4 Å². The van der Waals surface area contributed by atoms with Gasteiger partial charge in [0.2, 0.25) is 0 Å². The summed E-state index contributed by atoms with van der Waals surface area (Å²) in [5.41, 5.74) is 3.09. The van der Waals surface area contributed by atoms with E-state index in [1.807, 2.05) is 0 Å². The molecule has 120 valence electrons. The summed E-state index contributed by atoms with van der Waals surface area (Å²) >= 11 is 0. The maximum absolute atomic E-state index is 11.8. The topological polar surface area (TPSA) is 94.9 Å². The lowest BCUT2D eigenvalue weighted by molar-refractivity contribution is 0.0949. The van der Waals surface area contributed by atoms with Crippen LogP contribution >= 0.6 is 0 Å². The van der Waals surface area contributed by atoms with E-state index in [2.05, 4.69) is 20.5 Å². The molecule has 8 nitrogen and oxygen atoms in total. The molecule has 0 aliphatic carbocycles. The predicted molar refractivity (Wildman–Crippen MR) is 83.2 cm³/mol. The van der Waals surface area contributed by atoms with Crippen molar-refractivity contribution in [1.29, 1.82) is 0 Å². The van der Waals surface area contributed by atoms with Gasteiger partial charge in [-0.05, 0) is 0 Å². The highest BCUT2D eigenvalue weighted by atomic mass is 16.5. The van der Waals surface area contributed by atoms with Gasteiger partial charge in [-0.3, -0.25) is 9.78 Å². The lowest BCUT2D eigenvalue weighted by Gasteiger charge is -2.12.